The Balaban J connectivity index is 0.00000312. The van der Waals surface area contributed by atoms with Gasteiger partial charge in [-0.1, -0.05) is 12.1 Å². The Morgan fingerprint density at radius 3 is 2.48 bits per heavy atom. The normalized spacial score (nSPS) is 10.3. The van der Waals surface area contributed by atoms with Gasteiger partial charge in [-0.2, -0.15) is 5.10 Å². The predicted molar refractivity (Wildman–Crippen MR) is 94.3 cm³/mol. The second kappa shape index (κ2) is 9.92. The number of hydrogen-bond donors (Lipinski definition) is 2. The van der Waals surface area contributed by atoms with E-state index >= 15 is 0 Å². The van der Waals surface area contributed by atoms with E-state index in [2.05, 4.69) is 39.2 Å². The Kier molecular flexibility index (Phi) is 8.26. The molecule has 0 amide bonds. The molecule has 1 aromatic carbocycles. The molecule has 9 nitrogen and oxygen atoms in total. The summed E-state index contributed by atoms with van der Waals surface area (Å²) in [5.74, 6) is -0.264. The molecule has 10 heteroatoms. The number of hydrogen-bond acceptors (Lipinski definition) is 8. The second-order valence-electron chi connectivity index (χ2n) is 4.85. The van der Waals surface area contributed by atoms with Crippen molar-refractivity contribution < 1.29 is 34.5 Å². The molecule has 2 rings (SSSR count). The van der Waals surface area contributed by atoms with E-state index in [1.807, 2.05) is 24.3 Å². The van der Waals surface area contributed by atoms with Crippen LogP contribution in [0.3, 0.4) is 0 Å². The van der Waals surface area contributed by atoms with E-state index in [0.29, 0.717) is 0 Å². The summed E-state index contributed by atoms with van der Waals surface area (Å²) in [6, 6.07) is 7.84. The molecule has 0 aliphatic rings. The molecule has 2 aromatic rings. The van der Waals surface area contributed by atoms with E-state index < -0.39 is 10.6 Å². The first-order valence-electron chi connectivity index (χ1n) is 7.45. The van der Waals surface area contributed by atoms with Gasteiger partial charge in [0.15, 0.2) is 0 Å². The quantitative estimate of drug-likeness (QED) is 0.291. The van der Waals surface area contributed by atoms with Crippen molar-refractivity contribution in [2.24, 2.45) is 5.10 Å². The van der Waals surface area contributed by atoms with Crippen molar-refractivity contribution in [3.8, 4) is 0 Å². The molecule has 0 spiro atoms. The molecule has 1 aromatic heterocycles. The van der Waals surface area contributed by atoms with Crippen molar-refractivity contribution in [3.05, 3.63) is 46.3 Å². The summed E-state index contributed by atoms with van der Waals surface area (Å²) >= 11 is 0. The molecule has 0 unspecified atom stereocenters. The molecule has 0 fully saturated rings. The van der Waals surface area contributed by atoms with Gasteiger partial charge in [-0.05, 0) is 31.5 Å². The molecule has 0 bridgehead atoms. The number of nitrogens with two attached hydrogens (primary N) is 1. The molecule has 0 saturated carbocycles. The summed E-state index contributed by atoms with van der Waals surface area (Å²) in [6.07, 6.45) is 2.69. The molecule has 1 heterocycles. The van der Waals surface area contributed by atoms with Crippen LogP contribution in [0.15, 0.2) is 35.7 Å². The largest absolute Gasteiger partial charge is 1.00 e. The number of rotatable bonds is 7. The Morgan fingerprint density at radius 2 is 1.92 bits per heavy atom. The minimum Gasteiger partial charge on any atom is -0.378 e. The third kappa shape index (κ3) is 5.38. The zero-order valence-electron chi connectivity index (χ0n) is 14.5. The second-order valence-corrected chi connectivity index (χ2v) is 4.85. The average Bonchev–Trinajstić information content (AvgIpc) is 2.57. The van der Waals surface area contributed by atoms with Gasteiger partial charge in [0.25, 0.3) is 0 Å². The third-order valence-corrected chi connectivity index (χ3v) is 3.44. The van der Waals surface area contributed by atoms with Crippen molar-refractivity contribution in [1.82, 2.24) is 9.97 Å². The van der Waals surface area contributed by atoms with E-state index in [0.717, 1.165) is 30.7 Å². The topological polar surface area (TPSA) is 123 Å². The number of aromatic nitrogens is 2. The Hall–Kier alpha value is -2.23. The minimum atomic E-state index is -0.647. The molecule has 3 N–H and O–H groups in total. The fraction of sp³-hybridized carbons (Fsp3) is 0.267. The van der Waals surface area contributed by atoms with E-state index in [1.54, 1.807) is 6.21 Å². The van der Waals surface area contributed by atoms with Crippen LogP contribution in [0, 0.1) is 10.1 Å². The van der Waals surface area contributed by atoms with E-state index in [1.165, 1.54) is 0 Å². The van der Waals surface area contributed by atoms with Crippen LogP contribution in [-0.2, 0) is 0 Å². The van der Waals surface area contributed by atoms with Gasteiger partial charge in [0.2, 0.25) is 11.6 Å². The fourth-order valence-electron chi connectivity index (χ4n) is 2.18. The molecule has 0 atom stereocenters. The van der Waals surface area contributed by atoms with Crippen LogP contribution in [-0.4, -0.2) is 34.2 Å². The number of nitrogen functional groups attached to an aromatic ring is 1. The summed E-state index contributed by atoms with van der Waals surface area (Å²) in [7, 11) is 0. The molecule has 0 aliphatic heterocycles. The van der Waals surface area contributed by atoms with Crippen molar-refractivity contribution in [1.29, 1.82) is 0 Å². The standard InChI is InChI=1S/C15H19N7O2.Na/c1-3-21(4-2)12-7-5-11(6-8-12)9-19-20-15-13(22(23)24)14(16)17-10-18-15;/h5-10H,3-4H2,1-2H3,(H3,16,17,18,20);/q;+1/b19-9+;. The Bertz CT molecular complexity index is 733. The SMILES string of the molecule is CCN(CC)c1ccc(/C=N/Nc2ncnc(N)c2[N+](=O)[O-])cc1.[Na+]. The van der Waals surface area contributed by atoms with Gasteiger partial charge < -0.3 is 10.6 Å². The first-order valence-corrected chi connectivity index (χ1v) is 7.45. The van der Waals surface area contributed by atoms with Crippen LogP contribution in [0.4, 0.5) is 23.0 Å². The van der Waals surface area contributed by atoms with E-state index in [9.17, 15) is 10.1 Å². The molecule has 0 radical (unpaired) electrons. The zero-order chi connectivity index (χ0) is 17.5. The summed E-state index contributed by atoms with van der Waals surface area (Å²) < 4.78 is 0. The molecule has 0 saturated heterocycles. The minimum absolute atomic E-state index is 0. The Morgan fingerprint density at radius 1 is 1.28 bits per heavy atom. The van der Waals surface area contributed by atoms with Crippen LogP contribution in [0.2, 0.25) is 0 Å². The van der Waals surface area contributed by atoms with Crippen LogP contribution >= 0.6 is 0 Å². The number of anilines is 3. The first-order chi connectivity index (χ1) is 11.6. The van der Waals surface area contributed by atoms with E-state index in [-0.39, 0.29) is 41.2 Å². The van der Waals surface area contributed by atoms with Gasteiger partial charge in [0, 0.05) is 18.8 Å². The first kappa shape index (κ1) is 20.8. The molecule has 25 heavy (non-hydrogen) atoms. The fourth-order valence-corrected chi connectivity index (χ4v) is 2.18. The van der Waals surface area contributed by atoms with Gasteiger partial charge in [-0.25, -0.2) is 9.97 Å². The molecule has 0 aliphatic carbocycles. The number of nitrogens with one attached hydrogen (secondary N) is 1. The van der Waals surface area contributed by atoms with Crippen LogP contribution < -0.4 is 45.6 Å². The van der Waals surface area contributed by atoms with Crippen LogP contribution in [0.25, 0.3) is 0 Å². The molecule has 126 valence electrons. The van der Waals surface area contributed by atoms with Crippen molar-refractivity contribution >= 4 is 29.2 Å². The summed E-state index contributed by atoms with van der Waals surface area (Å²) in [6.45, 7) is 6.07. The Labute approximate surface area is 167 Å². The van der Waals surface area contributed by atoms with Crippen LogP contribution in [0.5, 0.6) is 0 Å². The smallest absolute Gasteiger partial charge is 0.378 e. The summed E-state index contributed by atoms with van der Waals surface area (Å²) in [5, 5.41) is 15.0. The summed E-state index contributed by atoms with van der Waals surface area (Å²) in [5.41, 5.74) is 9.60. The number of nitro groups is 1. The van der Waals surface area contributed by atoms with Gasteiger partial charge in [-0.3, -0.25) is 15.5 Å². The van der Waals surface area contributed by atoms with Crippen molar-refractivity contribution in [2.45, 2.75) is 13.8 Å². The van der Waals surface area contributed by atoms with E-state index in [4.69, 9.17) is 5.73 Å². The predicted octanol–water partition coefficient (Wildman–Crippen LogP) is -0.737. The number of hydrazone groups is 1. The zero-order valence-corrected chi connectivity index (χ0v) is 16.5. The van der Waals surface area contributed by atoms with Crippen molar-refractivity contribution in [3.63, 3.8) is 0 Å². The van der Waals surface area contributed by atoms with Gasteiger partial charge in [-0.15, -0.1) is 0 Å². The average molecular weight is 352 g/mol. The maximum atomic E-state index is 11.0. The van der Waals surface area contributed by atoms with Gasteiger partial charge in [0.05, 0.1) is 11.1 Å². The number of nitrogens with zero attached hydrogens (tertiary/aromatic N) is 5. The monoisotopic (exact) mass is 352 g/mol. The van der Waals surface area contributed by atoms with Crippen LogP contribution in [0.1, 0.15) is 19.4 Å². The number of benzene rings is 1. The summed E-state index contributed by atoms with van der Waals surface area (Å²) in [4.78, 5) is 19.9. The van der Waals surface area contributed by atoms with Crippen molar-refractivity contribution in [2.75, 3.05) is 29.1 Å². The van der Waals surface area contributed by atoms with Gasteiger partial charge in [0.1, 0.15) is 6.33 Å². The maximum Gasteiger partial charge on any atom is 1.00 e. The molecular formula is C15H19N7NaO2+. The van der Waals surface area contributed by atoms with Gasteiger partial charge >= 0.3 is 35.2 Å². The molecular weight excluding hydrogens is 333 g/mol. The maximum absolute atomic E-state index is 11.0. The third-order valence-electron chi connectivity index (χ3n) is 3.44.